The minimum atomic E-state index is -0.743. The first-order valence-corrected chi connectivity index (χ1v) is 10.6. The number of carbonyl (C=O) groups is 2. The molecule has 0 bridgehead atoms. The number of nitrogens with one attached hydrogen (secondary N) is 1. The van der Waals surface area contributed by atoms with E-state index >= 15 is 0 Å². The van der Waals surface area contributed by atoms with E-state index in [1.807, 2.05) is 18.2 Å². The zero-order valence-electron chi connectivity index (χ0n) is 16.6. The Kier molecular flexibility index (Phi) is 6.16. The highest BCUT2D eigenvalue weighted by Crippen LogP contribution is 2.24. The summed E-state index contributed by atoms with van der Waals surface area (Å²) in [4.78, 5) is 41.3. The monoisotopic (exact) mass is 461 g/mol. The fourth-order valence-electron chi connectivity index (χ4n) is 3.48. The molecular formula is C19H20ClN7O3S. The number of rotatable bonds is 5. The number of benzene rings is 1. The standard InChI is InChI=1S/C19H20ClN7O3S/c1-30-9-14-17(28)26(4-5-27(14)19(29)25-18-22-7-15(20)31-18)8-11-2-3-12-13(6-11)23-10-24-16(12)21/h2-3,6-7,10,14H,4-5,8-9H2,1H3,(H2,21,23,24)(H,22,25,29)/t14-/m0/s1. The highest BCUT2D eigenvalue weighted by atomic mass is 35.5. The average Bonchev–Trinajstić information content (AvgIpc) is 3.15. The second kappa shape index (κ2) is 9.00. The molecule has 3 amide bonds. The molecule has 162 valence electrons. The van der Waals surface area contributed by atoms with Crippen LogP contribution < -0.4 is 11.1 Å². The number of nitrogen functional groups attached to an aromatic ring is 1. The molecule has 12 heteroatoms. The van der Waals surface area contributed by atoms with E-state index in [9.17, 15) is 9.59 Å². The van der Waals surface area contributed by atoms with E-state index in [4.69, 9.17) is 22.1 Å². The minimum absolute atomic E-state index is 0.0862. The molecule has 1 aromatic carbocycles. The van der Waals surface area contributed by atoms with Crippen molar-refractivity contribution < 1.29 is 14.3 Å². The topological polar surface area (TPSA) is 127 Å². The van der Waals surface area contributed by atoms with Crippen molar-refractivity contribution in [2.75, 3.05) is 37.9 Å². The lowest BCUT2D eigenvalue weighted by Crippen LogP contribution is -2.60. The summed E-state index contributed by atoms with van der Waals surface area (Å²) in [6.07, 6.45) is 2.87. The van der Waals surface area contributed by atoms with Gasteiger partial charge in [-0.3, -0.25) is 10.1 Å². The molecule has 31 heavy (non-hydrogen) atoms. The van der Waals surface area contributed by atoms with Gasteiger partial charge in [-0.2, -0.15) is 0 Å². The molecule has 4 rings (SSSR count). The zero-order chi connectivity index (χ0) is 22.0. The Balaban J connectivity index is 1.49. The number of hydrogen-bond acceptors (Lipinski definition) is 8. The van der Waals surface area contributed by atoms with E-state index in [0.29, 0.717) is 40.4 Å². The quantitative estimate of drug-likeness (QED) is 0.596. The van der Waals surface area contributed by atoms with Gasteiger partial charge in [0.05, 0.1) is 18.3 Å². The lowest BCUT2D eigenvalue weighted by Gasteiger charge is -2.40. The number of anilines is 2. The minimum Gasteiger partial charge on any atom is -0.383 e. The van der Waals surface area contributed by atoms with Crippen molar-refractivity contribution in [1.82, 2.24) is 24.8 Å². The molecule has 2 aromatic heterocycles. The second-order valence-corrected chi connectivity index (χ2v) is 8.60. The fourth-order valence-corrected chi connectivity index (χ4v) is 4.28. The molecule has 0 aliphatic carbocycles. The third-order valence-corrected chi connectivity index (χ3v) is 6.00. The molecule has 0 radical (unpaired) electrons. The molecule has 3 N–H and O–H groups in total. The van der Waals surface area contributed by atoms with Crippen LogP contribution in [0.3, 0.4) is 0 Å². The van der Waals surface area contributed by atoms with E-state index < -0.39 is 12.1 Å². The molecule has 3 aromatic rings. The van der Waals surface area contributed by atoms with E-state index in [2.05, 4.69) is 20.3 Å². The van der Waals surface area contributed by atoms with Gasteiger partial charge in [0, 0.05) is 32.1 Å². The largest absolute Gasteiger partial charge is 0.383 e. The number of hydrogen-bond donors (Lipinski definition) is 2. The van der Waals surface area contributed by atoms with Crippen LogP contribution in [0.15, 0.2) is 30.7 Å². The Morgan fingerprint density at radius 3 is 2.94 bits per heavy atom. The lowest BCUT2D eigenvalue weighted by molar-refractivity contribution is -0.142. The van der Waals surface area contributed by atoms with Gasteiger partial charge in [-0.15, -0.1) is 0 Å². The van der Waals surface area contributed by atoms with Crippen molar-refractivity contribution in [3.8, 4) is 0 Å². The summed E-state index contributed by atoms with van der Waals surface area (Å²) in [6.45, 7) is 1.21. The van der Waals surface area contributed by atoms with Crippen LogP contribution in [0.5, 0.6) is 0 Å². The maximum atomic E-state index is 13.2. The summed E-state index contributed by atoms with van der Waals surface area (Å²) < 4.78 is 5.69. The average molecular weight is 462 g/mol. The van der Waals surface area contributed by atoms with Gasteiger partial charge in [0.2, 0.25) is 5.91 Å². The van der Waals surface area contributed by atoms with Crippen LogP contribution in [0.25, 0.3) is 10.9 Å². The number of nitrogens with zero attached hydrogens (tertiary/aromatic N) is 5. The number of aromatic nitrogens is 3. The molecule has 1 fully saturated rings. The van der Waals surface area contributed by atoms with Gasteiger partial charge in [-0.1, -0.05) is 29.0 Å². The summed E-state index contributed by atoms with van der Waals surface area (Å²) in [5.41, 5.74) is 7.50. The highest BCUT2D eigenvalue weighted by Gasteiger charge is 2.37. The summed E-state index contributed by atoms with van der Waals surface area (Å²) in [5.74, 6) is 0.219. The van der Waals surface area contributed by atoms with Gasteiger partial charge in [0.25, 0.3) is 0 Å². The first-order chi connectivity index (χ1) is 15.0. The molecule has 1 atom stereocenters. The lowest BCUT2D eigenvalue weighted by atomic mass is 10.1. The van der Waals surface area contributed by atoms with Crippen LogP contribution in [0.1, 0.15) is 5.56 Å². The van der Waals surface area contributed by atoms with Crippen molar-refractivity contribution in [3.05, 3.63) is 40.6 Å². The first kappa shape index (κ1) is 21.2. The van der Waals surface area contributed by atoms with Gasteiger partial charge >= 0.3 is 6.03 Å². The molecule has 0 unspecified atom stereocenters. The Hall–Kier alpha value is -3.02. The van der Waals surface area contributed by atoms with Gasteiger partial charge in [0.15, 0.2) is 5.13 Å². The van der Waals surface area contributed by atoms with E-state index in [-0.39, 0.29) is 12.5 Å². The maximum absolute atomic E-state index is 13.2. The number of ether oxygens (including phenoxy) is 1. The Morgan fingerprint density at radius 2 is 2.19 bits per heavy atom. The van der Waals surface area contributed by atoms with Crippen LogP contribution in [-0.2, 0) is 16.1 Å². The summed E-state index contributed by atoms with van der Waals surface area (Å²) in [7, 11) is 1.50. The summed E-state index contributed by atoms with van der Waals surface area (Å²) in [5, 5.41) is 3.83. The number of fused-ring (bicyclic) bond motifs is 1. The molecule has 1 saturated heterocycles. The third kappa shape index (κ3) is 4.53. The molecule has 0 spiro atoms. The van der Waals surface area contributed by atoms with Gasteiger partial charge in [-0.05, 0) is 17.7 Å². The number of carbonyl (C=O) groups excluding carboxylic acids is 2. The van der Waals surface area contributed by atoms with Crippen LogP contribution in [0, 0.1) is 0 Å². The highest BCUT2D eigenvalue weighted by molar-refractivity contribution is 7.19. The van der Waals surface area contributed by atoms with Crippen molar-refractivity contribution >= 4 is 56.7 Å². The molecule has 10 nitrogen and oxygen atoms in total. The zero-order valence-corrected chi connectivity index (χ0v) is 18.2. The number of methoxy groups -OCH3 is 1. The molecule has 1 aliphatic rings. The molecular weight excluding hydrogens is 442 g/mol. The van der Waals surface area contributed by atoms with Crippen LogP contribution in [-0.4, -0.2) is 69.5 Å². The molecule has 0 saturated carbocycles. The third-order valence-electron chi connectivity index (χ3n) is 4.97. The number of nitrogens with two attached hydrogens (primary N) is 1. The predicted octanol–water partition coefficient (Wildman–Crippen LogP) is 2.21. The molecule has 1 aliphatic heterocycles. The Labute approximate surface area is 187 Å². The Bertz CT molecular complexity index is 1120. The number of piperazine rings is 1. The maximum Gasteiger partial charge on any atom is 0.324 e. The Morgan fingerprint density at radius 1 is 1.35 bits per heavy atom. The van der Waals surface area contributed by atoms with Crippen LogP contribution >= 0.6 is 22.9 Å². The normalized spacial score (nSPS) is 16.7. The number of amides is 3. The van der Waals surface area contributed by atoms with Crippen molar-refractivity contribution in [2.45, 2.75) is 12.6 Å². The number of thiazole rings is 1. The van der Waals surface area contributed by atoms with E-state index in [1.54, 1.807) is 4.90 Å². The number of urea groups is 1. The number of halogens is 1. The fraction of sp³-hybridized carbons (Fsp3) is 0.316. The molecule has 3 heterocycles. The van der Waals surface area contributed by atoms with Gasteiger partial charge in [-0.25, -0.2) is 19.7 Å². The predicted molar refractivity (Wildman–Crippen MR) is 118 cm³/mol. The van der Waals surface area contributed by atoms with Crippen LogP contribution in [0.2, 0.25) is 4.34 Å². The SMILES string of the molecule is COC[C@H]1C(=O)N(Cc2ccc3c(N)ncnc3c2)CCN1C(=O)Nc1ncc(Cl)s1. The van der Waals surface area contributed by atoms with Crippen molar-refractivity contribution in [3.63, 3.8) is 0 Å². The summed E-state index contributed by atoms with van der Waals surface area (Å²) >= 11 is 7.02. The van der Waals surface area contributed by atoms with E-state index in [1.165, 1.54) is 24.5 Å². The summed E-state index contributed by atoms with van der Waals surface area (Å²) in [6, 6.07) is 4.47. The van der Waals surface area contributed by atoms with Crippen molar-refractivity contribution in [1.29, 1.82) is 0 Å². The van der Waals surface area contributed by atoms with E-state index in [0.717, 1.165) is 22.3 Å². The smallest absolute Gasteiger partial charge is 0.324 e. The second-order valence-electron chi connectivity index (χ2n) is 6.93. The van der Waals surface area contributed by atoms with Gasteiger partial charge in [0.1, 0.15) is 22.5 Å². The van der Waals surface area contributed by atoms with Crippen molar-refractivity contribution in [2.24, 2.45) is 0 Å². The van der Waals surface area contributed by atoms with Crippen LogP contribution in [0.4, 0.5) is 15.7 Å². The first-order valence-electron chi connectivity index (χ1n) is 9.42. The van der Waals surface area contributed by atoms with Gasteiger partial charge < -0.3 is 20.3 Å².